The highest BCUT2D eigenvalue weighted by molar-refractivity contribution is 6.74. The predicted molar refractivity (Wildman–Crippen MR) is 146 cm³/mol. The van der Waals surface area contributed by atoms with E-state index >= 15 is 0 Å². The Bertz CT molecular complexity index is 769. The van der Waals surface area contributed by atoms with Crippen molar-refractivity contribution in [3.63, 3.8) is 0 Å². The Balaban J connectivity index is 1.99. The summed E-state index contributed by atoms with van der Waals surface area (Å²) in [5.41, 5.74) is 1.75. The maximum absolute atomic E-state index is 7.15. The van der Waals surface area contributed by atoms with E-state index in [4.69, 9.17) is 13.6 Å². The summed E-state index contributed by atoms with van der Waals surface area (Å²) in [6, 6.07) is 0. The van der Waals surface area contributed by atoms with Crippen LogP contribution in [0, 0.1) is 23.2 Å². The van der Waals surface area contributed by atoms with Crippen LogP contribution in [0.2, 0.25) is 36.3 Å². The van der Waals surface area contributed by atoms with E-state index in [-0.39, 0.29) is 15.7 Å². The topological polar surface area (TPSA) is 27.7 Å². The monoisotopic (exact) mass is 494 g/mol. The lowest BCUT2D eigenvalue weighted by atomic mass is 9.57. The highest BCUT2D eigenvalue weighted by atomic mass is 28.4. The molecule has 2 aliphatic carbocycles. The second kappa shape index (κ2) is 8.49. The number of hydrogen-bond acceptors (Lipinski definition) is 3. The number of ether oxygens (including phenoxy) is 1. The first kappa shape index (κ1) is 27.5. The molecule has 5 heteroatoms. The van der Waals surface area contributed by atoms with E-state index in [0.717, 1.165) is 19.6 Å². The van der Waals surface area contributed by atoms with Gasteiger partial charge in [-0.2, -0.15) is 0 Å². The molecule has 1 aliphatic heterocycles. The molecule has 2 fully saturated rings. The van der Waals surface area contributed by atoms with Gasteiger partial charge >= 0.3 is 0 Å². The average Bonchev–Trinajstić information content (AvgIpc) is 2.70. The number of allylic oxidation sites excluding steroid dienone is 1. The minimum atomic E-state index is -1.94. The van der Waals surface area contributed by atoms with Gasteiger partial charge in [0.1, 0.15) is 0 Å². The predicted octanol–water partition coefficient (Wildman–Crippen LogP) is 8.54. The van der Waals surface area contributed by atoms with Crippen LogP contribution >= 0.6 is 0 Å². The molecule has 1 heterocycles. The van der Waals surface area contributed by atoms with Crippen LogP contribution in [0.1, 0.15) is 88.0 Å². The fourth-order valence-electron chi connectivity index (χ4n) is 5.72. The molecular formula is C28H54O3Si2. The summed E-state index contributed by atoms with van der Waals surface area (Å²) in [6.07, 6.45) is 4.80. The van der Waals surface area contributed by atoms with Gasteiger partial charge in [-0.05, 0) is 98.1 Å². The van der Waals surface area contributed by atoms with Gasteiger partial charge in [0.2, 0.25) is 8.32 Å². The summed E-state index contributed by atoms with van der Waals surface area (Å²) in [6.45, 7) is 32.5. The number of hydrogen-bond donors (Lipinski definition) is 0. The molecule has 0 aromatic carbocycles. The molecule has 0 radical (unpaired) electrons. The smallest absolute Gasteiger partial charge is 0.250 e. The lowest BCUT2D eigenvalue weighted by Crippen LogP contribution is -2.50. The van der Waals surface area contributed by atoms with Crippen LogP contribution < -0.4 is 0 Å². The first-order chi connectivity index (χ1) is 14.7. The molecule has 192 valence electrons. The molecule has 3 nitrogen and oxygen atoms in total. The molecule has 0 spiro atoms. The van der Waals surface area contributed by atoms with Crippen molar-refractivity contribution < 1.29 is 13.6 Å². The Labute approximate surface area is 207 Å². The summed E-state index contributed by atoms with van der Waals surface area (Å²) in [7, 11) is -3.74. The number of rotatable bonds is 5. The van der Waals surface area contributed by atoms with Gasteiger partial charge in [-0.1, -0.05) is 48.5 Å². The van der Waals surface area contributed by atoms with Crippen molar-refractivity contribution in [3.8, 4) is 0 Å². The molecule has 3 aliphatic rings. The van der Waals surface area contributed by atoms with Crippen LogP contribution in [0.4, 0.5) is 0 Å². The maximum atomic E-state index is 7.15. The first-order valence-electron chi connectivity index (χ1n) is 13.4. The van der Waals surface area contributed by atoms with Crippen molar-refractivity contribution in [3.05, 3.63) is 11.3 Å². The molecule has 2 bridgehead atoms. The van der Waals surface area contributed by atoms with Gasteiger partial charge in [-0.25, -0.2) is 0 Å². The average molecular weight is 495 g/mol. The van der Waals surface area contributed by atoms with Crippen LogP contribution in [0.3, 0.4) is 0 Å². The third kappa shape index (κ3) is 5.22. The summed E-state index contributed by atoms with van der Waals surface area (Å²) in [5.74, 6) is 2.97. The Morgan fingerprint density at radius 2 is 1.52 bits per heavy atom. The molecule has 1 saturated heterocycles. The van der Waals surface area contributed by atoms with E-state index in [2.05, 4.69) is 88.5 Å². The summed E-state index contributed by atoms with van der Waals surface area (Å²) >= 11 is 0. The van der Waals surface area contributed by atoms with Crippen molar-refractivity contribution in [1.29, 1.82) is 0 Å². The molecule has 2 unspecified atom stereocenters. The van der Waals surface area contributed by atoms with Gasteiger partial charge in [0.25, 0.3) is 0 Å². The quantitative estimate of drug-likeness (QED) is 0.358. The first-order valence-corrected chi connectivity index (χ1v) is 19.2. The molecular weight excluding hydrogens is 440 g/mol. The third-order valence-corrected chi connectivity index (χ3v) is 19.4. The molecule has 0 amide bonds. The fourth-order valence-corrected chi connectivity index (χ4v) is 7.91. The van der Waals surface area contributed by atoms with E-state index in [9.17, 15) is 0 Å². The van der Waals surface area contributed by atoms with Crippen molar-refractivity contribution in [2.24, 2.45) is 23.2 Å². The third-order valence-electron chi connectivity index (χ3n) is 10.6. The van der Waals surface area contributed by atoms with E-state index in [1.807, 2.05) is 0 Å². The van der Waals surface area contributed by atoms with E-state index < -0.39 is 16.6 Å². The normalized spacial score (nSPS) is 33.1. The van der Waals surface area contributed by atoms with Crippen molar-refractivity contribution in [1.82, 2.24) is 0 Å². The number of fused-ring (bicyclic) bond motifs is 1. The second-order valence-electron chi connectivity index (χ2n) is 15.3. The van der Waals surface area contributed by atoms with E-state index in [1.165, 1.54) is 30.6 Å². The van der Waals surface area contributed by atoms with Crippen LogP contribution in [-0.2, 0) is 13.6 Å². The van der Waals surface area contributed by atoms with Crippen LogP contribution in [0.25, 0.3) is 0 Å². The Hall–Kier alpha value is -0.106. The van der Waals surface area contributed by atoms with Crippen LogP contribution in [0.5, 0.6) is 0 Å². The van der Waals surface area contributed by atoms with Gasteiger partial charge in [-0.3, -0.25) is 0 Å². The van der Waals surface area contributed by atoms with Gasteiger partial charge < -0.3 is 13.6 Å². The highest BCUT2D eigenvalue weighted by Crippen LogP contribution is 2.59. The lowest BCUT2D eigenvalue weighted by molar-refractivity contribution is -0.122. The molecule has 1 saturated carbocycles. The van der Waals surface area contributed by atoms with Crippen LogP contribution in [-0.4, -0.2) is 35.4 Å². The minimum absolute atomic E-state index is 0.0466. The standard InChI is InChI=1S/C28H54O3Si2/c1-25(2,3)32(10,11)30-18-20-16-24(31-33(12,13)26(4,5)6)22-19-29-27(7,8)23-14-15-28(20,9)17-21(22)23/h20-21,23H,14-19H2,1-13H3/t20-,21?,23?,28+/m1/s1. The Morgan fingerprint density at radius 1 is 0.939 bits per heavy atom. The zero-order valence-electron chi connectivity index (χ0n) is 24.2. The van der Waals surface area contributed by atoms with Gasteiger partial charge in [0, 0.05) is 13.0 Å². The molecule has 4 atom stereocenters. The SMILES string of the molecule is CC1(C)OCC2=C(O[Si](C)(C)C(C)(C)C)C[C@H](CO[Si](C)(C)C(C)(C)C)[C@@]3(C)CCC1C2C3. The Kier molecular flexibility index (Phi) is 7.07. The van der Waals surface area contributed by atoms with E-state index in [1.54, 1.807) is 0 Å². The molecule has 33 heavy (non-hydrogen) atoms. The molecule has 0 aromatic heterocycles. The zero-order valence-corrected chi connectivity index (χ0v) is 26.2. The largest absolute Gasteiger partial charge is 0.546 e. The van der Waals surface area contributed by atoms with Gasteiger partial charge in [0.05, 0.1) is 18.0 Å². The maximum Gasteiger partial charge on any atom is 0.250 e. The summed E-state index contributed by atoms with van der Waals surface area (Å²) < 4.78 is 20.6. The summed E-state index contributed by atoms with van der Waals surface area (Å²) in [5, 5.41) is 0.425. The van der Waals surface area contributed by atoms with Crippen molar-refractivity contribution in [2.45, 2.75) is 130 Å². The van der Waals surface area contributed by atoms with Gasteiger partial charge in [-0.15, -0.1) is 0 Å². The summed E-state index contributed by atoms with van der Waals surface area (Å²) in [4.78, 5) is 0. The minimum Gasteiger partial charge on any atom is -0.546 e. The van der Waals surface area contributed by atoms with E-state index in [0.29, 0.717) is 23.2 Å². The Morgan fingerprint density at radius 3 is 2.06 bits per heavy atom. The van der Waals surface area contributed by atoms with Crippen LogP contribution in [0.15, 0.2) is 11.3 Å². The molecule has 0 aromatic rings. The lowest BCUT2D eigenvalue weighted by Gasteiger charge is -2.53. The molecule has 0 N–H and O–H groups in total. The fraction of sp³-hybridized carbons (Fsp3) is 0.929. The zero-order chi connectivity index (χ0) is 25.3. The van der Waals surface area contributed by atoms with Crippen molar-refractivity contribution in [2.75, 3.05) is 13.2 Å². The second-order valence-corrected chi connectivity index (χ2v) is 24.8. The molecule has 3 rings (SSSR count). The van der Waals surface area contributed by atoms with Gasteiger partial charge in [0.15, 0.2) is 8.32 Å². The van der Waals surface area contributed by atoms with Crippen molar-refractivity contribution >= 4 is 16.6 Å². The highest BCUT2D eigenvalue weighted by Gasteiger charge is 2.54.